The van der Waals surface area contributed by atoms with Crippen molar-refractivity contribution < 1.29 is 38.5 Å². The molecule has 0 saturated carbocycles. The lowest BCUT2D eigenvalue weighted by Gasteiger charge is -2.43. The number of likely N-dealkylation sites (tertiary alicyclic amines) is 1. The Kier molecular flexibility index (Phi) is 5.60. The van der Waals surface area contributed by atoms with Crippen LogP contribution in [-0.2, 0) is 33.4 Å². The lowest BCUT2D eigenvalue weighted by atomic mass is 9.80. The van der Waals surface area contributed by atoms with Crippen LogP contribution in [0.2, 0.25) is 0 Å². The van der Waals surface area contributed by atoms with E-state index in [1.54, 1.807) is 13.8 Å². The van der Waals surface area contributed by atoms with E-state index in [0.717, 1.165) is 33.2 Å². The summed E-state index contributed by atoms with van der Waals surface area (Å²) < 4.78 is 14.0. The van der Waals surface area contributed by atoms with E-state index in [0.29, 0.717) is 0 Å². The van der Waals surface area contributed by atoms with E-state index in [2.05, 4.69) is 9.47 Å². The highest BCUT2D eigenvalue weighted by atomic mass is 16.6. The highest BCUT2D eigenvalue weighted by Gasteiger charge is 2.73. The fourth-order valence-corrected chi connectivity index (χ4v) is 3.13. The SMILES string of the molecule is COC(=O)C(C(C)C)N1C(=O)CC(C)(O)C1(C(=O)OC)C(=O)OC. The third kappa shape index (κ3) is 2.62. The molecule has 0 radical (unpaired) electrons. The van der Waals surface area contributed by atoms with Crippen molar-refractivity contribution in [2.45, 2.75) is 44.4 Å². The Morgan fingerprint density at radius 2 is 1.54 bits per heavy atom. The third-order valence-corrected chi connectivity index (χ3v) is 4.22. The monoisotopic (exact) mass is 345 g/mol. The fraction of sp³-hybridized carbons (Fsp3) is 0.733. The molecule has 1 N–H and O–H groups in total. The number of rotatable bonds is 5. The zero-order valence-corrected chi connectivity index (χ0v) is 14.6. The first-order valence-electron chi connectivity index (χ1n) is 7.32. The van der Waals surface area contributed by atoms with E-state index in [-0.39, 0.29) is 0 Å². The van der Waals surface area contributed by atoms with Crippen LogP contribution in [0.25, 0.3) is 0 Å². The van der Waals surface area contributed by atoms with Gasteiger partial charge in [0.2, 0.25) is 5.91 Å². The summed E-state index contributed by atoms with van der Waals surface area (Å²) in [5, 5.41) is 10.7. The van der Waals surface area contributed by atoms with E-state index in [1.165, 1.54) is 0 Å². The highest BCUT2D eigenvalue weighted by molar-refractivity contribution is 6.13. The van der Waals surface area contributed by atoms with Crippen molar-refractivity contribution in [2.24, 2.45) is 5.92 Å². The molecule has 1 fully saturated rings. The van der Waals surface area contributed by atoms with E-state index in [1.807, 2.05) is 0 Å². The number of carbonyl (C=O) groups excluding carboxylic acids is 4. The molecule has 1 aliphatic heterocycles. The summed E-state index contributed by atoms with van der Waals surface area (Å²) in [5.74, 6) is -4.49. The summed E-state index contributed by atoms with van der Waals surface area (Å²) >= 11 is 0. The second-order valence-corrected chi connectivity index (χ2v) is 6.12. The van der Waals surface area contributed by atoms with Gasteiger partial charge in [0.1, 0.15) is 11.6 Å². The van der Waals surface area contributed by atoms with Gasteiger partial charge in [0.05, 0.1) is 27.8 Å². The zero-order chi connectivity index (χ0) is 18.9. The number of aliphatic hydroxyl groups is 1. The number of hydrogen-bond donors (Lipinski definition) is 1. The van der Waals surface area contributed by atoms with Crippen molar-refractivity contribution in [3.8, 4) is 0 Å². The summed E-state index contributed by atoms with van der Waals surface area (Å²) in [7, 11) is 3.13. The van der Waals surface area contributed by atoms with Crippen molar-refractivity contribution in [3.05, 3.63) is 0 Å². The molecule has 2 unspecified atom stereocenters. The normalized spacial score (nSPS) is 23.8. The maximum Gasteiger partial charge on any atom is 0.346 e. The molecular weight excluding hydrogens is 322 g/mol. The second-order valence-electron chi connectivity index (χ2n) is 6.12. The molecule has 0 bridgehead atoms. The van der Waals surface area contributed by atoms with Crippen molar-refractivity contribution in [3.63, 3.8) is 0 Å². The summed E-state index contributed by atoms with van der Waals surface area (Å²) in [5.41, 5.74) is -4.64. The molecule has 0 aromatic heterocycles. The van der Waals surface area contributed by atoms with E-state index >= 15 is 0 Å². The topological polar surface area (TPSA) is 119 Å². The summed E-state index contributed by atoms with van der Waals surface area (Å²) in [6.07, 6.45) is -0.558. The number of amides is 1. The molecule has 9 nitrogen and oxygen atoms in total. The molecule has 1 saturated heterocycles. The Balaban J connectivity index is 3.75. The molecule has 1 heterocycles. The smallest absolute Gasteiger partial charge is 0.346 e. The molecule has 0 spiro atoms. The van der Waals surface area contributed by atoms with Gasteiger partial charge in [-0.05, 0) is 12.8 Å². The first-order chi connectivity index (χ1) is 11.0. The van der Waals surface area contributed by atoms with E-state index in [9.17, 15) is 24.3 Å². The molecule has 1 amide bonds. The molecule has 24 heavy (non-hydrogen) atoms. The number of ether oxygens (including phenoxy) is 3. The van der Waals surface area contributed by atoms with Crippen molar-refractivity contribution in [1.82, 2.24) is 4.90 Å². The van der Waals surface area contributed by atoms with Crippen LogP contribution < -0.4 is 0 Å². The van der Waals surface area contributed by atoms with Gasteiger partial charge in [-0.15, -0.1) is 0 Å². The minimum absolute atomic E-state index is 0.510. The first kappa shape index (κ1) is 19.9. The van der Waals surface area contributed by atoms with Crippen LogP contribution >= 0.6 is 0 Å². The van der Waals surface area contributed by atoms with Gasteiger partial charge < -0.3 is 24.2 Å². The Hall–Kier alpha value is -2.16. The van der Waals surface area contributed by atoms with Gasteiger partial charge in [0, 0.05) is 0 Å². The fourth-order valence-electron chi connectivity index (χ4n) is 3.13. The largest absolute Gasteiger partial charge is 0.467 e. The number of hydrogen-bond acceptors (Lipinski definition) is 8. The van der Waals surface area contributed by atoms with E-state index < -0.39 is 53.3 Å². The first-order valence-corrected chi connectivity index (χ1v) is 7.32. The molecule has 1 rings (SSSR count). The molecule has 0 aliphatic carbocycles. The van der Waals surface area contributed by atoms with Gasteiger partial charge in [-0.2, -0.15) is 0 Å². The Morgan fingerprint density at radius 1 is 1.08 bits per heavy atom. The van der Waals surface area contributed by atoms with Gasteiger partial charge in [0.15, 0.2) is 0 Å². The quantitative estimate of drug-likeness (QED) is 0.393. The van der Waals surface area contributed by atoms with Gasteiger partial charge in [0.25, 0.3) is 5.54 Å². The zero-order valence-electron chi connectivity index (χ0n) is 14.6. The maximum absolute atomic E-state index is 12.6. The van der Waals surface area contributed by atoms with Crippen LogP contribution in [0.15, 0.2) is 0 Å². The lowest BCUT2D eigenvalue weighted by molar-refractivity contribution is -0.191. The van der Waals surface area contributed by atoms with Crippen LogP contribution in [0.5, 0.6) is 0 Å². The van der Waals surface area contributed by atoms with Gasteiger partial charge in [-0.1, -0.05) is 13.8 Å². The van der Waals surface area contributed by atoms with Gasteiger partial charge in [-0.25, -0.2) is 14.4 Å². The molecule has 1 aliphatic rings. The Bertz CT molecular complexity index is 538. The number of nitrogens with zero attached hydrogens (tertiary/aromatic N) is 1. The van der Waals surface area contributed by atoms with Crippen LogP contribution in [-0.4, -0.2) is 72.3 Å². The molecular formula is C15H23NO8. The molecule has 0 aromatic rings. The Labute approximate surface area is 139 Å². The van der Waals surface area contributed by atoms with Crippen LogP contribution in [0.1, 0.15) is 27.2 Å². The van der Waals surface area contributed by atoms with Crippen LogP contribution in [0.4, 0.5) is 0 Å². The molecule has 9 heteroatoms. The molecule has 2 atom stereocenters. The summed E-state index contributed by atoms with van der Waals surface area (Å²) in [6, 6.07) is -1.28. The second kappa shape index (κ2) is 6.76. The number of esters is 3. The predicted molar refractivity (Wildman–Crippen MR) is 79.5 cm³/mol. The van der Waals surface area contributed by atoms with Crippen LogP contribution in [0, 0.1) is 5.92 Å². The van der Waals surface area contributed by atoms with Crippen molar-refractivity contribution in [1.29, 1.82) is 0 Å². The average molecular weight is 345 g/mol. The summed E-state index contributed by atoms with van der Waals surface area (Å²) in [6.45, 7) is 4.37. The third-order valence-electron chi connectivity index (χ3n) is 4.22. The molecule has 136 valence electrons. The highest BCUT2D eigenvalue weighted by Crippen LogP contribution is 2.44. The average Bonchev–Trinajstić information content (AvgIpc) is 2.72. The van der Waals surface area contributed by atoms with Crippen molar-refractivity contribution in [2.75, 3.05) is 21.3 Å². The maximum atomic E-state index is 12.6. The Morgan fingerprint density at radius 3 is 1.88 bits per heavy atom. The summed E-state index contributed by atoms with van der Waals surface area (Å²) in [4.78, 5) is 50.5. The number of carbonyl (C=O) groups is 4. The molecule has 0 aromatic carbocycles. The standard InChI is InChI=1S/C15H23NO8/c1-8(2)10(11(18)22-4)16-9(17)7-14(3,21)15(16,12(19)23-5)13(20)24-6/h8,10,21H,7H2,1-6H3. The minimum atomic E-state index is -2.50. The van der Waals surface area contributed by atoms with Gasteiger partial charge >= 0.3 is 17.9 Å². The van der Waals surface area contributed by atoms with E-state index in [4.69, 9.17) is 4.74 Å². The lowest BCUT2D eigenvalue weighted by Crippen LogP contribution is -2.71. The van der Waals surface area contributed by atoms with Crippen molar-refractivity contribution >= 4 is 23.8 Å². The van der Waals surface area contributed by atoms with Crippen LogP contribution in [0.3, 0.4) is 0 Å². The minimum Gasteiger partial charge on any atom is -0.467 e. The number of methoxy groups -OCH3 is 3. The predicted octanol–water partition coefficient (Wildman–Crippen LogP) is -0.748. The van der Waals surface area contributed by atoms with Gasteiger partial charge in [-0.3, -0.25) is 4.79 Å².